The van der Waals surface area contributed by atoms with Crippen molar-refractivity contribution in [3.8, 4) is 11.5 Å². The van der Waals surface area contributed by atoms with Gasteiger partial charge in [0.2, 0.25) is 0 Å². The summed E-state index contributed by atoms with van der Waals surface area (Å²) in [6.07, 6.45) is 2.78. The van der Waals surface area contributed by atoms with Crippen LogP contribution in [0.15, 0.2) is 27.7 Å². The Bertz CT molecular complexity index is 527. The quantitative estimate of drug-likeness (QED) is 0.602. The molecule has 0 bridgehead atoms. The molecule has 0 saturated carbocycles. The van der Waals surface area contributed by atoms with Crippen molar-refractivity contribution in [2.45, 2.75) is 12.5 Å². The number of halogens is 4. The van der Waals surface area contributed by atoms with E-state index in [0.29, 0.717) is 10.2 Å². The van der Waals surface area contributed by atoms with Gasteiger partial charge >= 0.3 is 0 Å². The van der Waals surface area contributed by atoms with Crippen molar-refractivity contribution < 1.29 is 9.84 Å². The molecule has 23 heavy (non-hydrogen) atoms. The van der Waals surface area contributed by atoms with Gasteiger partial charge in [-0.15, -0.1) is 31.4 Å². The van der Waals surface area contributed by atoms with E-state index >= 15 is 0 Å². The smallest absolute Gasteiger partial charge is 0.173 e. The van der Waals surface area contributed by atoms with Gasteiger partial charge in [0.15, 0.2) is 11.5 Å². The SMILES string of the molecule is C=CC[C@@H](c1cc(OC)c(O)c(Br)c1Br)N1CCNCC1.Cl.Cl. The van der Waals surface area contributed by atoms with Crippen LogP contribution >= 0.6 is 56.7 Å². The fraction of sp³-hybridized carbons (Fsp3) is 0.467. The number of benzene rings is 1. The zero-order valence-corrected chi connectivity index (χ0v) is 17.7. The van der Waals surface area contributed by atoms with Crippen LogP contribution in [0.1, 0.15) is 18.0 Å². The molecule has 8 heteroatoms. The number of ether oxygens (including phenoxy) is 1. The van der Waals surface area contributed by atoms with Crippen molar-refractivity contribution in [1.29, 1.82) is 0 Å². The molecule has 132 valence electrons. The van der Waals surface area contributed by atoms with E-state index in [1.807, 2.05) is 12.1 Å². The third-order valence-electron chi connectivity index (χ3n) is 3.74. The Morgan fingerprint density at radius 2 is 1.96 bits per heavy atom. The first kappa shape index (κ1) is 23.0. The highest BCUT2D eigenvalue weighted by molar-refractivity contribution is 9.13. The average Bonchev–Trinajstić information content (AvgIpc) is 2.52. The third-order valence-corrected chi connectivity index (χ3v) is 5.89. The molecule has 0 aromatic heterocycles. The lowest BCUT2D eigenvalue weighted by molar-refractivity contribution is 0.173. The number of hydrogen-bond acceptors (Lipinski definition) is 4. The van der Waals surface area contributed by atoms with Gasteiger partial charge in [-0.1, -0.05) is 6.08 Å². The summed E-state index contributed by atoms with van der Waals surface area (Å²) >= 11 is 7.02. The molecule has 4 nitrogen and oxygen atoms in total. The first-order valence-electron chi connectivity index (χ1n) is 6.90. The van der Waals surface area contributed by atoms with Gasteiger partial charge in [-0.3, -0.25) is 4.90 Å². The van der Waals surface area contributed by atoms with E-state index in [1.165, 1.54) is 0 Å². The first-order chi connectivity index (χ1) is 10.1. The minimum Gasteiger partial charge on any atom is -0.503 e. The van der Waals surface area contributed by atoms with Crippen molar-refractivity contribution in [2.75, 3.05) is 33.3 Å². The second-order valence-electron chi connectivity index (χ2n) is 4.97. The van der Waals surface area contributed by atoms with Gasteiger partial charge in [0.05, 0.1) is 11.6 Å². The molecule has 0 spiro atoms. The Morgan fingerprint density at radius 1 is 1.35 bits per heavy atom. The zero-order chi connectivity index (χ0) is 15.4. The predicted octanol–water partition coefficient (Wildman–Crippen LogP) is 4.29. The van der Waals surface area contributed by atoms with Crippen LogP contribution in [-0.2, 0) is 0 Å². The number of phenolic OH excluding ortho intramolecular Hbond substituents is 1. The largest absolute Gasteiger partial charge is 0.503 e. The van der Waals surface area contributed by atoms with Crippen LogP contribution in [-0.4, -0.2) is 43.3 Å². The van der Waals surface area contributed by atoms with E-state index in [0.717, 1.165) is 42.6 Å². The van der Waals surface area contributed by atoms with E-state index in [-0.39, 0.29) is 36.6 Å². The molecule has 0 radical (unpaired) electrons. The number of nitrogens with one attached hydrogen (secondary N) is 1. The van der Waals surface area contributed by atoms with Gasteiger partial charge in [0.25, 0.3) is 0 Å². The van der Waals surface area contributed by atoms with E-state index in [1.54, 1.807) is 7.11 Å². The number of piperazine rings is 1. The molecule has 1 heterocycles. The molecule has 1 atom stereocenters. The lowest BCUT2D eigenvalue weighted by Crippen LogP contribution is -2.45. The van der Waals surface area contributed by atoms with Crippen LogP contribution in [0, 0.1) is 0 Å². The molecular formula is C15H22Br2Cl2N2O2. The van der Waals surface area contributed by atoms with Crippen LogP contribution in [0.3, 0.4) is 0 Å². The second-order valence-corrected chi connectivity index (χ2v) is 6.56. The van der Waals surface area contributed by atoms with Gasteiger partial charge in [-0.25, -0.2) is 0 Å². The fourth-order valence-corrected chi connectivity index (χ4v) is 3.63. The molecular weight excluding hydrogens is 471 g/mol. The highest BCUT2D eigenvalue weighted by Gasteiger charge is 2.26. The van der Waals surface area contributed by atoms with Gasteiger partial charge in [0, 0.05) is 36.7 Å². The zero-order valence-electron chi connectivity index (χ0n) is 12.8. The molecule has 2 N–H and O–H groups in total. The van der Waals surface area contributed by atoms with Crippen molar-refractivity contribution in [1.82, 2.24) is 10.2 Å². The predicted molar refractivity (Wildman–Crippen MR) is 107 cm³/mol. The minimum absolute atomic E-state index is 0. The van der Waals surface area contributed by atoms with Crippen molar-refractivity contribution in [2.24, 2.45) is 0 Å². The van der Waals surface area contributed by atoms with Gasteiger partial charge < -0.3 is 15.2 Å². The third kappa shape index (κ3) is 5.25. The molecule has 1 aliphatic heterocycles. The number of phenols is 1. The van der Waals surface area contributed by atoms with Crippen LogP contribution in [0.5, 0.6) is 11.5 Å². The molecule has 0 aliphatic carbocycles. The Kier molecular flexibility index (Phi) is 10.8. The number of nitrogens with zero attached hydrogens (tertiary/aromatic N) is 1. The van der Waals surface area contributed by atoms with Gasteiger partial charge in [-0.05, 0) is 49.9 Å². The molecule has 0 unspecified atom stereocenters. The maximum absolute atomic E-state index is 10.1. The Hall–Kier alpha value is 0.0200. The monoisotopic (exact) mass is 490 g/mol. The van der Waals surface area contributed by atoms with Crippen LogP contribution in [0.2, 0.25) is 0 Å². The molecule has 1 aliphatic rings. The summed E-state index contributed by atoms with van der Waals surface area (Å²) in [5, 5.41) is 13.4. The van der Waals surface area contributed by atoms with Crippen molar-refractivity contribution in [3.63, 3.8) is 0 Å². The molecule has 1 fully saturated rings. The van der Waals surface area contributed by atoms with Crippen LogP contribution < -0.4 is 10.1 Å². The number of hydrogen-bond donors (Lipinski definition) is 2. The van der Waals surface area contributed by atoms with Gasteiger partial charge in [0.1, 0.15) is 0 Å². The Balaban J connectivity index is 0.00000242. The number of rotatable bonds is 5. The highest BCUT2D eigenvalue weighted by Crippen LogP contribution is 2.45. The standard InChI is InChI=1S/C15H20Br2N2O2.2ClH/c1-3-4-11(19-7-5-18-6-8-19)10-9-12(21-2)15(20)14(17)13(10)16;;/h3,9,11,18,20H,1,4-8H2,2H3;2*1H/t11-;;/m0../s1. The van der Waals surface area contributed by atoms with Crippen LogP contribution in [0.25, 0.3) is 0 Å². The summed E-state index contributed by atoms with van der Waals surface area (Å²) < 4.78 is 6.77. The summed E-state index contributed by atoms with van der Waals surface area (Å²) in [6, 6.07) is 2.12. The molecule has 1 aromatic carbocycles. The van der Waals surface area contributed by atoms with Crippen molar-refractivity contribution >= 4 is 56.7 Å². The molecule has 0 amide bonds. The highest BCUT2D eigenvalue weighted by atomic mass is 79.9. The Morgan fingerprint density at radius 3 is 2.48 bits per heavy atom. The number of methoxy groups -OCH3 is 1. The second kappa shape index (κ2) is 10.8. The first-order valence-corrected chi connectivity index (χ1v) is 8.49. The van der Waals surface area contributed by atoms with Gasteiger partial charge in [-0.2, -0.15) is 0 Å². The van der Waals surface area contributed by atoms with E-state index in [4.69, 9.17) is 4.74 Å². The van der Waals surface area contributed by atoms with E-state index in [9.17, 15) is 5.11 Å². The van der Waals surface area contributed by atoms with E-state index in [2.05, 4.69) is 48.7 Å². The maximum atomic E-state index is 10.1. The molecule has 2 rings (SSSR count). The minimum atomic E-state index is 0. The topological polar surface area (TPSA) is 44.7 Å². The van der Waals surface area contributed by atoms with Crippen molar-refractivity contribution in [3.05, 3.63) is 33.2 Å². The summed E-state index contributed by atoms with van der Waals surface area (Å²) in [7, 11) is 1.56. The maximum Gasteiger partial charge on any atom is 0.173 e. The number of aromatic hydroxyl groups is 1. The Labute approximate surface area is 166 Å². The normalized spacial score (nSPS) is 16.0. The average molecular weight is 493 g/mol. The fourth-order valence-electron chi connectivity index (χ4n) is 2.63. The summed E-state index contributed by atoms with van der Waals surface area (Å²) in [4.78, 5) is 2.43. The van der Waals surface area contributed by atoms with Crippen LogP contribution in [0.4, 0.5) is 0 Å². The lowest BCUT2D eigenvalue weighted by atomic mass is 10.0. The summed E-state index contributed by atoms with van der Waals surface area (Å²) in [5.41, 5.74) is 1.10. The van der Waals surface area contributed by atoms with E-state index < -0.39 is 0 Å². The molecule has 1 aromatic rings. The lowest BCUT2D eigenvalue weighted by Gasteiger charge is -2.35. The summed E-state index contributed by atoms with van der Waals surface area (Å²) in [6.45, 7) is 7.84. The summed E-state index contributed by atoms with van der Waals surface area (Å²) in [5.74, 6) is 0.593. The molecule has 1 saturated heterocycles.